The van der Waals surface area contributed by atoms with E-state index in [2.05, 4.69) is 0 Å². The highest BCUT2D eigenvalue weighted by Crippen LogP contribution is 2.80. The first-order valence-electron chi connectivity index (χ1n) is 16.7. The van der Waals surface area contributed by atoms with Crippen molar-refractivity contribution >= 4 is 48.1 Å². The molecule has 0 spiro atoms. The highest BCUT2D eigenvalue weighted by atomic mass is 32.1. The molecule has 0 aromatic rings. The molecule has 14 atom stereocenters. The summed E-state index contributed by atoms with van der Waals surface area (Å²) >= 11 is 4.84. The first-order chi connectivity index (χ1) is 22.0. The van der Waals surface area contributed by atoms with Gasteiger partial charge in [0.15, 0.2) is 12.2 Å². The van der Waals surface area contributed by atoms with Gasteiger partial charge in [0.1, 0.15) is 0 Å². The molecule has 9 nitrogen and oxygen atoms in total. The molecular weight excluding hydrogens is 617 g/mol. The quantitative estimate of drug-likeness (QED) is 0.0822. The molecule has 6 radical (unpaired) electrons. The SMILES string of the molecule is [B][C@]12CC[C@H](O)[C@H](CO)C1CC[C@]1([B])C2CC=C2C3C[C@@H](S)[C@@H](OC(=O)/C(C)=C\C)[C@H](OC(=O)/C(C)=C\C)[C@]3(CO)[C@H](O)[C@H](O)[C@]21[B]. The second kappa shape index (κ2) is 13.0. The lowest BCUT2D eigenvalue weighted by molar-refractivity contribution is -0.241. The minimum Gasteiger partial charge on any atom is -0.454 e. The van der Waals surface area contributed by atoms with Crippen molar-refractivity contribution in [2.45, 2.75) is 118 Å². The van der Waals surface area contributed by atoms with Crippen molar-refractivity contribution in [3.8, 4) is 0 Å². The number of thiol groups is 1. The molecule has 4 fully saturated rings. The van der Waals surface area contributed by atoms with Gasteiger partial charge in [0, 0.05) is 28.9 Å². The Labute approximate surface area is 287 Å². The molecule has 0 bridgehead atoms. The number of fused-ring (bicyclic) bond motifs is 7. The summed E-state index contributed by atoms with van der Waals surface area (Å²) < 4.78 is 11.9. The fourth-order valence-corrected chi connectivity index (χ4v) is 10.5. The standard InChI is InChI=1S/C34H47B3O9S/c1-5-16(3)29(43)45-25-23(47)13-21-20-7-8-24-32(35)11-10-22(40)18(14-38)19(32)9-12-33(24,36)34(20,37)27(42)26(41)31(21,15-39)28(25)46-30(44)17(4)6-2/h5-7,18-19,21-28,38-42,47H,8-15H2,1-4H3/b16-5-,17-6-/t18-,19?,21?,22+,23-,24?,25-,26-,27+,28+,31+,32-,33+,34-/m1/s1. The number of ether oxygens (including phenoxy) is 2. The summed E-state index contributed by atoms with van der Waals surface area (Å²) in [5.41, 5.74) is -0.670. The highest BCUT2D eigenvalue weighted by molar-refractivity contribution is 7.81. The number of carbonyl (C=O) groups is 2. The maximum atomic E-state index is 13.3. The smallest absolute Gasteiger partial charge is 0.333 e. The normalized spacial score (nSPS) is 48.2. The molecule has 5 aliphatic rings. The summed E-state index contributed by atoms with van der Waals surface area (Å²) in [6.45, 7) is 5.52. The van der Waals surface area contributed by atoms with Crippen molar-refractivity contribution in [2.75, 3.05) is 13.2 Å². The van der Waals surface area contributed by atoms with Crippen LogP contribution < -0.4 is 0 Å². The van der Waals surface area contributed by atoms with Gasteiger partial charge in [-0.25, -0.2) is 9.59 Å². The molecule has 4 saturated carbocycles. The molecule has 0 saturated heterocycles. The van der Waals surface area contributed by atoms with Crippen LogP contribution in [0.3, 0.4) is 0 Å². The second-order valence-corrected chi connectivity index (χ2v) is 15.4. The Kier molecular flexibility index (Phi) is 10.2. The van der Waals surface area contributed by atoms with Crippen LogP contribution in [-0.4, -0.2) is 110 Å². The molecule has 5 aliphatic carbocycles. The van der Waals surface area contributed by atoms with E-state index in [1.807, 2.05) is 6.08 Å². The van der Waals surface area contributed by atoms with Crippen molar-refractivity contribution in [1.82, 2.24) is 0 Å². The van der Waals surface area contributed by atoms with Crippen molar-refractivity contribution in [2.24, 2.45) is 29.1 Å². The summed E-state index contributed by atoms with van der Waals surface area (Å²) in [5, 5.41) is 52.0. The third-order valence-corrected chi connectivity index (χ3v) is 13.5. The van der Waals surface area contributed by atoms with E-state index in [1.54, 1.807) is 39.8 Å². The Morgan fingerprint density at radius 3 is 2.17 bits per heavy atom. The van der Waals surface area contributed by atoms with Crippen LogP contribution in [0, 0.1) is 29.1 Å². The summed E-state index contributed by atoms with van der Waals surface area (Å²) in [5.74, 6) is -3.32. The number of esters is 2. The number of hydrogen-bond donors (Lipinski definition) is 6. The first-order valence-corrected chi connectivity index (χ1v) is 17.3. The summed E-state index contributed by atoms with van der Waals surface area (Å²) in [4.78, 5) is 26.4. The zero-order chi connectivity index (χ0) is 34.9. The van der Waals surface area contributed by atoms with Crippen LogP contribution >= 0.6 is 12.6 Å². The zero-order valence-electron chi connectivity index (χ0n) is 27.7. The number of carbonyl (C=O) groups excluding carboxylic acids is 2. The number of aliphatic hydroxyl groups excluding tert-OH is 5. The van der Waals surface area contributed by atoms with Crippen molar-refractivity contribution in [3.05, 3.63) is 34.9 Å². The third kappa shape index (κ3) is 5.10. The monoisotopic (exact) mass is 664 g/mol. The highest BCUT2D eigenvalue weighted by Gasteiger charge is 2.74. The molecular formula is C34H47B3O9S. The molecule has 5 N–H and O–H groups in total. The van der Waals surface area contributed by atoms with Gasteiger partial charge in [-0.3, -0.25) is 0 Å². The van der Waals surface area contributed by atoms with Gasteiger partial charge in [0.05, 0.1) is 53.9 Å². The van der Waals surface area contributed by atoms with Crippen LogP contribution in [0.4, 0.5) is 0 Å². The molecule has 47 heavy (non-hydrogen) atoms. The van der Waals surface area contributed by atoms with Gasteiger partial charge in [0.2, 0.25) is 0 Å². The first kappa shape index (κ1) is 36.8. The van der Waals surface area contributed by atoms with E-state index < -0.39 is 93.4 Å². The van der Waals surface area contributed by atoms with Crippen LogP contribution in [0.15, 0.2) is 34.9 Å². The fraction of sp³-hybridized carbons (Fsp3) is 0.765. The van der Waals surface area contributed by atoms with E-state index in [0.29, 0.717) is 43.3 Å². The maximum absolute atomic E-state index is 13.3. The van der Waals surface area contributed by atoms with Gasteiger partial charge in [0.25, 0.3) is 0 Å². The molecule has 0 aromatic heterocycles. The Morgan fingerprint density at radius 2 is 1.60 bits per heavy atom. The number of allylic oxidation sites excluding steroid dienone is 3. The minimum atomic E-state index is -1.78. The molecule has 0 amide bonds. The summed E-state index contributed by atoms with van der Waals surface area (Å²) in [6.07, 6.45) is 0.270. The van der Waals surface area contributed by atoms with E-state index in [9.17, 15) is 35.1 Å². The average Bonchev–Trinajstić information content (AvgIpc) is 3.05. The molecule has 5 rings (SSSR count). The van der Waals surface area contributed by atoms with E-state index in [1.165, 1.54) is 0 Å². The van der Waals surface area contributed by atoms with Gasteiger partial charge >= 0.3 is 11.9 Å². The number of hydrogen-bond acceptors (Lipinski definition) is 10. The van der Waals surface area contributed by atoms with Crippen LogP contribution in [-0.2, 0) is 19.1 Å². The molecule has 0 aromatic carbocycles. The van der Waals surface area contributed by atoms with Crippen LogP contribution in [0.25, 0.3) is 0 Å². The van der Waals surface area contributed by atoms with Crippen LogP contribution in [0.5, 0.6) is 0 Å². The Hall–Kier alpha value is -1.50. The van der Waals surface area contributed by atoms with Crippen molar-refractivity contribution < 1.29 is 44.6 Å². The summed E-state index contributed by atoms with van der Waals surface area (Å²) in [7, 11) is 21.9. The zero-order valence-corrected chi connectivity index (χ0v) is 28.6. The average molecular weight is 664 g/mol. The van der Waals surface area contributed by atoms with Crippen LogP contribution in [0.2, 0.25) is 15.9 Å². The number of aliphatic hydroxyl groups is 5. The van der Waals surface area contributed by atoms with Crippen LogP contribution in [0.1, 0.15) is 66.2 Å². The Balaban J connectivity index is 1.65. The molecule has 0 heterocycles. The minimum absolute atomic E-state index is 0.150. The van der Waals surface area contributed by atoms with Gasteiger partial charge in [-0.1, -0.05) is 53.7 Å². The van der Waals surface area contributed by atoms with Crippen molar-refractivity contribution in [1.29, 1.82) is 0 Å². The molecule has 252 valence electrons. The fourth-order valence-electron chi connectivity index (χ4n) is 10.1. The molecule has 0 aliphatic heterocycles. The van der Waals surface area contributed by atoms with E-state index in [4.69, 9.17) is 45.6 Å². The van der Waals surface area contributed by atoms with Gasteiger partial charge < -0.3 is 35.0 Å². The second-order valence-electron chi connectivity index (χ2n) is 14.7. The van der Waals surface area contributed by atoms with E-state index in [0.717, 1.165) is 0 Å². The van der Waals surface area contributed by atoms with Gasteiger partial charge in [-0.15, -0.1) is 0 Å². The molecule has 13 heteroatoms. The Bertz CT molecular complexity index is 1360. The Morgan fingerprint density at radius 1 is 0.979 bits per heavy atom. The largest absolute Gasteiger partial charge is 0.454 e. The predicted octanol–water partition coefficient (Wildman–Crippen LogP) is 1.88. The van der Waals surface area contributed by atoms with Crippen molar-refractivity contribution in [3.63, 3.8) is 0 Å². The maximum Gasteiger partial charge on any atom is 0.333 e. The predicted molar refractivity (Wildman–Crippen MR) is 181 cm³/mol. The topological polar surface area (TPSA) is 154 Å². The lowest BCUT2D eigenvalue weighted by Gasteiger charge is -2.73. The van der Waals surface area contributed by atoms with Gasteiger partial charge in [-0.05, 0) is 70.0 Å². The summed E-state index contributed by atoms with van der Waals surface area (Å²) in [6, 6.07) is 0. The van der Waals surface area contributed by atoms with E-state index in [-0.39, 0.29) is 24.5 Å². The van der Waals surface area contributed by atoms with E-state index >= 15 is 0 Å². The lowest BCUT2D eigenvalue weighted by Crippen LogP contribution is -2.74. The lowest BCUT2D eigenvalue weighted by atomic mass is 9.22. The van der Waals surface area contributed by atoms with Gasteiger partial charge in [-0.2, -0.15) is 12.6 Å². The number of rotatable bonds is 6. The third-order valence-electron chi connectivity index (χ3n) is 13.0. The molecule has 3 unspecified atom stereocenters.